The van der Waals surface area contributed by atoms with E-state index in [1.54, 1.807) is 0 Å². The second-order valence-corrected chi connectivity index (χ2v) is 14.5. The van der Waals surface area contributed by atoms with Gasteiger partial charge < -0.3 is 18.2 Å². The maximum Gasteiger partial charge on any atom is 0.334 e. The highest BCUT2D eigenvalue weighted by Gasteiger charge is 2.30. The van der Waals surface area contributed by atoms with Crippen molar-refractivity contribution in [2.24, 2.45) is 0 Å². The minimum absolute atomic E-state index is 0.0751. The van der Waals surface area contributed by atoms with E-state index < -0.39 is 16.9 Å². The van der Waals surface area contributed by atoms with Crippen molar-refractivity contribution in [2.45, 2.75) is 58.9 Å². The lowest BCUT2D eigenvalue weighted by molar-refractivity contribution is -0.135. The predicted octanol–water partition coefficient (Wildman–Crippen LogP) is 3.22. The van der Waals surface area contributed by atoms with Crippen LogP contribution < -0.4 is 0 Å². The summed E-state index contributed by atoms with van der Waals surface area (Å²) in [5.41, 5.74) is 0. The first-order valence-electron chi connectivity index (χ1n) is 8.30. The van der Waals surface area contributed by atoms with E-state index >= 15 is 0 Å². The molecule has 0 atom stereocenters. The van der Waals surface area contributed by atoms with Crippen molar-refractivity contribution in [3.8, 4) is 0 Å². The van der Waals surface area contributed by atoms with Gasteiger partial charge in [-0.2, -0.15) is 0 Å². The smallest absolute Gasteiger partial charge is 0.334 e. The summed E-state index contributed by atoms with van der Waals surface area (Å²) in [5, 5.41) is 0. The van der Waals surface area contributed by atoms with Crippen molar-refractivity contribution in [1.29, 1.82) is 0 Å². The minimum Gasteiger partial charge on any atom is -0.520 e. The van der Waals surface area contributed by atoms with Crippen LogP contribution in [0.1, 0.15) is 26.7 Å². The van der Waals surface area contributed by atoms with Crippen LogP contribution in [-0.2, 0) is 18.1 Å². The standard InChI is InChI=1S/C15H35NO4Si2/c1-8-18-22(7,19-9-2)14-10-12-16(3)13-11-15(17)20-21(4,5)6/h8-14H2,1-7H3. The first-order chi connectivity index (χ1) is 10.1. The van der Waals surface area contributed by atoms with E-state index in [0.29, 0.717) is 19.6 Å². The molecule has 0 rings (SSSR count). The third-order valence-electron chi connectivity index (χ3n) is 3.19. The van der Waals surface area contributed by atoms with Crippen LogP contribution in [0.3, 0.4) is 0 Å². The molecule has 0 aromatic rings. The number of rotatable bonds is 12. The Morgan fingerprint density at radius 2 is 1.55 bits per heavy atom. The lowest BCUT2D eigenvalue weighted by atomic mass is 10.3. The van der Waals surface area contributed by atoms with E-state index in [1.807, 2.05) is 40.5 Å². The summed E-state index contributed by atoms with van der Waals surface area (Å²) in [6, 6.07) is 0.984. The highest BCUT2D eigenvalue weighted by molar-refractivity contribution is 6.71. The number of hydrogen-bond acceptors (Lipinski definition) is 5. The van der Waals surface area contributed by atoms with Crippen molar-refractivity contribution >= 4 is 22.8 Å². The molecule has 7 heteroatoms. The van der Waals surface area contributed by atoms with E-state index in [2.05, 4.69) is 11.4 Å². The zero-order chi connectivity index (χ0) is 17.2. The summed E-state index contributed by atoms with van der Waals surface area (Å²) in [5.74, 6) is -0.0751. The van der Waals surface area contributed by atoms with Gasteiger partial charge in [-0.3, -0.25) is 4.79 Å². The number of hydrogen-bond donors (Lipinski definition) is 0. The maximum absolute atomic E-state index is 11.7. The van der Waals surface area contributed by atoms with E-state index in [0.717, 1.165) is 25.6 Å². The van der Waals surface area contributed by atoms with Crippen molar-refractivity contribution in [3.05, 3.63) is 0 Å². The maximum atomic E-state index is 11.7. The van der Waals surface area contributed by atoms with Gasteiger partial charge in [0.1, 0.15) is 0 Å². The first-order valence-corrected chi connectivity index (χ1v) is 14.2. The molecule has 0 N–H and O–H groups in total. The summed E-state index contributed by atoms with van der Waals surface area (Å²) in [7, 11) is -1.72. The SMILES string of the molecule is CCO[Si](C)(CCCN(C)CCC(=O)O[Si](C)(C)C)OCC. The summed E-state index contributed by atoms with van der Waals surface area (Å²) < 4.78 is 17.1. The fraction of sp³-hybridized carbons (Fsp3) is 0.933. The molecule has 0 saturated carbocycles. The van der Waals surface area contributed by atoms with Crippen molar-refractivity contribution in [3.63, 3.8) is 0 Å². The quantitative estimate of drug-likeness (QED) is 0.506. The normalized spacial score (nSPS) is 12.7. The highest BCUT2D eigenvalue weighted by atomic mass is 28.4. The molecule has 0 saturated heterocycles. The third kappa shape index (κ3) is 11.4. The molecule has 22 heavy (non-hydrogen) atoms. The van der Waals surface area contributed by atoms with Gasteiger partial charge in [0.2, 0.25) is 8.32 Å². The minimum atomic E-state index is -2.01. The Balaban J connectivity index is 3.98. The fourth-order valence-corrected chi connectivity index (χ4v) is 5.43. The number of carbonyl (C=O) groups is 1. The van der Waals surface area contributed by atoms with Gasteiger partial charge >= 0.3 is 8.56 Å². The average Bonchev–Trinajstić information content (AvgIpc) is 2.35. The Bertz CT molecular complexity index is 315. The van der Waals surface area contributed by atoms with Crippen LogP contribution in [-0.4, -0.2) is 61.1 Å². The summed E-state index contributed by atoms with van der Waals surface area (Å²) >= 11 is 0. The van der Waals surface area contributed by atoms with Crippen molar-refractivity contribution in [2.75, 3.05) is 33.4 Å². The van der Waals surface area contributed by atoms with E-state index in [-0.39, 0.29) is 5.97 Å². The van der Waals surface area contributed by atoms with E-state index in [9.17, 15) is 4.79 Å². The lowest BCUT2D eigenvalue weighted by Crippen LogP contribution is -2.39. The Labute approximate surface area is 138 Å². The van der Waals surface area contributed by atoms with Gasteiger partial charge in [0.15, 0.2) is 0 Å². The molecule has 0 amide bonds. The van der Waals surface area contributed by atoms with E-state index in [4.69, 9.17) is 13.3 Å². The Hall–Kier alpha value is -0.216. The van der Waals surface area contributed by atoms with Crippen LogP contribution >= 0.6 is 0 Å². The fourth-order valence-electron chi connectivity index (χ4n) is 2.25. The van der Waals surface area contributed by atoms with Crippen LogP contribution in [0.2, 0.25) is 32.2 Å². The molecule has 0 heterocycles. The molecular weight excluding hydrogens is 314 g/mol. The van der Waals surface area contributed by atoms with Gasteiger partial charge in [-0.15, -0.1) is 0 Å². The molecule has 132 valence electrons. The largest absolute Gasteiger partial charge is 0.520 e. The molecule has 0 aliphatic rings. The highest BCUT2D eigenvalue weighted by Crippen LogP contribution is 2.16. The summed E-state index contributed by atoms with van der Waals surface area (Å²) in [4.78, 5) is 13.9. The Kier molecular flexibility index (Phi) is 10.4. The molecule has 0 unspecified atom stereocenters. The molecule has 0 spiro atoms. The molecule has 0 bridgehead atoms. The van der Waals surface area contributed by atoms with Gasteiger partial charge in [0, 0.05) is 19.8 Å². The zero-order valence-corrected chi connectivity index (χ0v) is 17.5. The molecule has 0 aromatic carbocycles. The second-order valence-electron chi connectivity index (χ2n) is 6.74. The third-order valence-corrected chi connectivity index (χ3v) is 7.09. The monoisotopic (exact) mass is 349 g/mol. The molecule has 0 aliphatic carbocycles. The second kappa shape index (κ2) is 10.5. The topological polar surface area (TPSA) is 48.0 Å². The van der Waals surface area contributed by atoms with Crippen molar-refractivity contribution in [1.82, 2.24) is 4.90 Å². The lowest BCUT2D eigenvalue weighted by Gasteiger charge is -2.27. The van der Waals surface area contributed by atoms with Crippen LogP contribution in [0.5, 0.6) is 0 Å². The summed E-state index contributed by atoms with van der Waals surface area (Å²) in [6.45, 7) is 15.4. The van der Waals surface area contributed by atoms with Crippen LogP contribution in [0.4, 0.5) is 0 Å². The average molecular weight is 350 g/mol. The zero-order valence-electron chi connectivity index (χ0n) is 15.5. The summed E-state index contributed by atoms with van der Waals surface area (Å²) in [6.07, 6.45) is 1.49. The molecule has 0 radical (unpaired) electrons. The van der Waals surface area contributed by atoms with Crippen LogP contribution in [0.25, 0.3) is 0 Å². The number of carbonyl (C=O) groups excluding carboxylic acids is 1. The van der Waals surface area contributed by atoms with Gasteiger partial charge in [0.25, 0.3) is 5.97 Å². The first kappa shape index (κ1) is 21.8. The molecule has 0 aromatic heterocycles. The van der Waals surface area contributed by atoms with Crippen molar-refractivity contribution < 1.29 is 18.1 Å². The predicted molar refractivity (Wildman–Crippen MR) is 95.8 cm³/mol. The molecule has 0 fully saturated rings. The van der Waals surface area contributed by atoms with Crippen LogP contribution in [0, 0.1) is 0 Å². The number of nitrogens with zero attached hydrogens (tertiary/aromatic N) is 1. The van der Waals surface area contributed by atoms with Gasteiger partial charge in [0.05, 0.1) is 6.42 Å². The van der Waals surface area contributed by atoms with E-state index in [1.165, 1.54) is 0 Å². The van der Waals surface area contributed by atoms with Gasteiger partial charge in [-0.1, -0.05) is 0 Å². The Morgan fingerprint density at radius 3 is 2.00 bits per heavy atom. The molecular formula is C15H35NO4Si2. The molecule has 0 aliphatic heterocycles. The van der Waals surface area contributed by atoms with Gasteiger partial charge in [-0.25, -0.2) is 0 Å². The van der Waals surface area contributed by atoms with Gasteiger partial charge in [-0.05, 0) is 66.1 Å². The molecule has 5 nitrogen and oxygen atoms in total. The Morgan fingerprint density at radius 1 is 1.00 bits per heavy atom. The van der Waals surface area contributed by atoms with Crippen LogP contribution in [0.15, 0.2) is 0 Å².